The highest BCUT2D eigenvalue weighted by molar-refractivity contribution is 5.98. The molecule has 0 saturated carbocycles. The van der Waals surface area contributed by atoms with Crippen molar-refractivity contribution in [1.82, 2.24) is 30.7 Å². The SMILES string of the molecule is Cc1nc(C2CCN(C(=O)[C@H]3CCC(=O)NC(=O)N3)CC2)n[nH]1. The molecule has 1 atom stereocenters. The van der Waals surface area contributed by atoms with E-state index in [0.29, 0.717) is 19.5 Å². The fourth-order valence-electron chi connectivity index (χ4n) is 3.04. The molecule has 4 amide bonds. The van der Waals surface area contributed by atoms with Crippen LogP contribution in [-0.4, -0.2) is 57.1 Å². The molecule has 3 N–H and O–H groups in total. The van der Waals surface area contributed by atoms with Gasteiger partial charge >= 0.3 is 6.03 Å². The quantitative estimate of drug-likeness (QED) is 0.697. The maximum absolute atomic E-state index is 12.5. The van der Waals surface area contributed by atoms with Gasteiger partial charge in [0.15, 0.2) is 5.82 Å². The molecule has 0 spiro atoms. The smallest absolute Gasteiger partial charge is 0.322 e. The molecule has 0 aromatic carbocycles. The molecule has 0 bridgehead atoms. The van der Waals surface area contributed by atoms with E-state index in [-0.39, 0.29) is 24.2 Å². The van der Waals surface area contributed by atoms with E-state index in [9.17, 15) is 14.4 Å². The highest BCUT2D eigenvalue weighted by atomic mass is 16.2. The molecule has 2 fully saturated rings. The third-order valence-corrected chi connectivity index (χ3v) is 4.30. The van der Waals surface area contributed by atoms with Crippen molar-refractivity contribution in [2.45, 2.75) is 44.6 Å². The Kier molecular flexibility index (Phi) is 4.26. The van der Waals surface area contributed by atoms with Crippen molar-refractivity contribution in [2.24, 2.45) is 0 Å². The fraction of sp³-hybridized carbons (Fsp3) is 0.643. The number of urea groups is 1. The number of aromatic amines is 1. The number of rotatable bonds is 2. The van der Waals surface area contributed by atoms with Crippen molar-refractivity contribution in [2.75, 3.05) is 13.1 Å². The van der Waals surface area contributed by atoms with Crippen molar-refractivity contribution in [3.05, 3.63) is 11.6 Å². The zero-order chi connectivity index (χ0) is 16.4. The summed E-state index contributed by atoms with van der Waals surface area (Å²) in [6.45, 7) is 3.06. The number of aryl methyl sites for hydroxylation is 1. The first-order chi connectivity index (χ1) is 11.0. The van der Waals surface area contributed by atoms with Crippen molar-refractivity contribution in [1.29, 1.82) is 0 Å². The topological polar surface area (TPSA) is 120 Å². The average molecular weight is 320 g/mol. The predicted molar refractivity (Wildman–Crippen MR) is 79.4 cm³/mol. The van der Waals surface area contributed by atoms with Crippen LogP contribution < -0.4 is 10.6 Å². The van der Waals surface area contributed by atoms with Gasteiger partial charge in [0.2, 0.25) is 11.8 Å². The maximum Gasteiger partial charge on any atom is 0.322 e. The number of aromatic nitrogens is 3. The Morgan fingerprint density at radius 2 is 1.96 bits per heavy atom. The molecule has 9 nitrogen and oxygen atoms in total. The molecule has 23 heavy (non-hydrogen) atoms. The number of hydrogen-bond acceptors (Lipinski definition) is 5. The van der Waals surface area contributed by atoms with E-state index in [4.69, 9.17) is 0 Å². The summed E-state index contributed by atoms with van der Waals surface area (Å²) in [5.41, 5.74) is 0. The average Bonchev–Trinajstić information content (AvgIpc) is 2.89. The first-order valence-corrected chi connectivity index (χ1v) is 7.81. The number of carbonyl (C=O) groups excluding carboxylic acids is 3. The minimum absolute atomic E-state index is 0.125. The highest BCUT2D eigenvalue weighted by Crippen LogP contribution is 2.26. The Labute approximate surface area is 133 Å². The van der Waals surface area contributed by atoms with Gasteiger partial charge in [-0.3, -0.25) is 20.0 Å². The van der Waals surface area contributed by atoms with Crippen LogP contribution in [0.1, 0.15) is 43.3 Å². The van der Waals surface area contributed by atoms with Crippen molar-refractivity contribution >= 4 is 17.8 Å². The van der Waals surface area contributed by atoms with Gasteiger partial charge in [0.25, 0.3) is 0 Å². The molecule has 0 radical (unpaired) electrons. The van der Waals surface area contributed by atoms with Crippen molar-refractivity contribution in [3.8, 4) is 0 Å². The summed E-state index contributed by atoms with van der Waals surface area (Å²) in [6, 6.07) is -1.24. The second-order valence-corrected chi connectivity index (χ2v) is 5.99. The Morgan fingerprint density at radius 3 is 2.61 bits per heavy atom. The van der Waals surface area contributed by atoms with Crippen LogP contribution in [0.4, 0.5) is 4.79 Å². The Balaban J connectivity index is 1.57. The van der Waals surface area contributed by atoms with E-state index in [2.05, 4.69) is 25.8 Å². The predicted octanol–water partition coefficient (Wildman–Crippen LogP) is -0.193. The van der Waals surface area contributed by atoms with Gasteiger partial charge in [0.05, 0.1) is 0 Å². The normalized spacial score (nSPS) is 23.2. The molecule has 0 aliphatic carbocycles. The highest BCUT2D eigenvalue weighted by Gasteiger charge is 2.32. The molecule has 2 aliphatic rings. The summed E-state index contributed by atoms with van der Waals surface area (Å²) in [7, 11) is 0. The third kappa shape index (κ3) is 3.49. The molecule has 0 unspecified atom stereocenters. The summed E-state index contributed by atoms with van der Waals surface area (Å²) in [5.74, 6) is 1.36. The Morgan fingerprint density at radius 1 is 1.22 bits per heavy atom. The van der Waals surface area contributed by atoms with Gasteiger partial charge in [-0.15, -0.1) is 0 Å². The van der Waals surface area contributed by atoms with Gasteiger partial charge in [-0.25, -0.2) is 9.78 Å². The molecule has 3 heterocycles. The van der Waals surface area contributed by atoms with Gasteiger partial charge < -0.3 is 10.2 Å². The number of nitrogens with zero attached hydrogens (tertiary/aromatic N) is 3. The zero-order valence-electron chi connectivity index (χ0n) is 13.0. The molecule has 124 valence electrons. The minimum atomic E-state index is -0.635. The second kappa shape index (κ2) is 6.35. The molecule has 3 rings (SSSR count). The third-order valence-electron chi connectivity index (χ3n) is 4.30. The Bertz CT molecular complexity index is 620. The molecular formula is C14H20N6O3. The number of amides is 4. The van der Waals surface area contributed by atoms with E-state index >= 15 is 0 Å². The number of likely N-dealkylation sites (tertiary alicyclic amines) is 1. The van der Waals surface area contributed by atoms with Gasteiger partial charge in [0.1, 0.15) is 11.9 Å². The second-order valence-electron chi connectivity index (χ2n) is 5.99. The molecule has 1 aromatic rings. The fourth-order valence-corrected chi connectivity index (χ4v) is 3.04. The summed E-state index contributed by atoms with van der Waals surface area (Å²) in [4.78, 5) is 41.5. The molecule has 1 aromatic heterocycles. The molecule has 2 saturated heterocycles. The lowest BCUT2D eigenvalue weighted by Crippen LogP contribution is -2.51. The first kappa shape index (κ1) is 15.4. The van der Waals surface area contributed by atoms with Crippen LogP contribution in [0.5, 0.6) is 0 Å². The lowest BCUT2D eigenvalue weighted by atomic mass is 9.95. The van der Waals surface area contributed by atoms with Gasteiger partial charge in [-0.2, -0.15) is 5.10 Å². The standard InChI is InChI=1S/C14H20N6O3/c1-8-15-12(19-18-8)9-4-6-20(7-5-9)13(22)10-2-3-11(21)17-14(23)16-10/h9-10H,2-7H2,1H3,(H,15,18,19)(H2,16,17,21,23)/t10-/m1/s1. The molecule has 9 heteroatoms. The molecular weight excluding hydrogens is 300 g/mol. The van der Waals surface area contributed by atoms with Crippen LogP contribution in [0.15, 0.2) is 0 Å². The number of imide groups is 1. The van der Waals surface area contributed by atoms with E-state index in [1.807, 2.05) is 6.92 Å². The summed E-state index contributed by atoms with van der Waals surface area (Å²) in [6.07, 6.45) is 2.08. The van der Waals surface area contributed by atoms with Gasteiger partial charge in [-0.1, -0.05) is 0 Å². The van der Waals surface area contributed by atoms with Crippen LogP contribution in [0.3, 0.4) is 0 Å². The number of H-pyrrole nitrogens is 1. The first-order valence-electron chi connectivity index (χ1n) is 7.81. The Hall–Kier alpha value is -2.45. The zero-order valence-corrected chi connectivity index (χ0v) is 13.0. The maximum atomic E-state index is 12.5. The van der Waals surface area contributed by atoms with E-state index < -0.39 is 12.1 Å². The lowest BCUT2D eigenvalue weighted by molar-refractivity contribution is -0.134. The van der Waals surface area contributed by atoms with Crippen molar-refractivity contribution in [3.63, 3.8) is 0 Å². The van der Waals surface area contributed by atoms with Gasteiger partial charge in [0, 0.05) is 25.4 Å². The largest absolute Gasteiger partial charge is 0.341 e. The summed E-state index contributed by atoms with van der Waals surface area (Å²) in [5, 5.41) is 11.8. The van der Waals surface area contributed by atoms with E-state index in [1.165, 1.54) is 0 Å². The van der Waals surface area contributed by atoms with E-state index in [1.54, 1.807) is 4.90 Å². The number of carbonyl (C=O) groups is 3. The van der Waals surface area contributed by atoms with Crippen molar-refractivity contribution < 1.29 is 14.4 Å². The van der Waals surface area contributed by atoms with Crippen LogP contribution in [0.25, 0.3) is 0 Å². The summed E-state index contributed by atoms with van der Waals surface area (Å²) >= 11 is 0. The number of hydrogen-bond donors (Lipinski definition) is 3. The van der Waals surface area contributed by atoms with Crippen LogP contribution in [0, 0.1) is 6.92 Å². The number of piperidine rings is 1. The van der Waals surface area contributed by atoms with Gasteiger partial charge in [-0.05, 0) is 26.2 Å². The lowest BCUT2D eigenvalue weighted by Gasteiger charge is -2.33. The van der Waals surface area contributed by atoms with Crippen LogP contribution in [0.2, 0.25) is 0 Å². The monoisotopic (exact) mass is 320 g/mol. The van der Waals surface area contributed by atoms with E-state index in [0.717, 1.165) is 24.5 Å². The molecule has 2 aliphatic heterocycles. The number of nitrogens with one attached hydrogen (secondary N) is 3. The van der Waals surface area contributed by atoms with Crippen LogP contribution in [-0.2, 0) is 9.59 Å². The summed E-state index contributed by atoms with van der Waals surface area (Å²) < 4.78 is 0. The van der Waals surface area contributed by atoms with Crippen LogP contribution >= 0.6 is 0 Å². The minimum Gasteiger partial charge on any atom is -0.341 e.